The Morgan fingerprint density at radius 2 is 1.26 bits per heavy atom. The molecule has 0 spiro atoms. The topological polar surface area (TPSA) is 154 Å². The molecule has 0 amide bonds. The summed E-state index contributed by atoms with van der Waals surface area (Å²) in [7, 11) is 0. The molecule has 11 heteroatoms. The molecule has 6 rings (SSSR count). The van der Waals surface area contributed by atoms with Gasteiger partial charge in [-0.25, -0.2) is 4.39 Å². The third kappa shape index (κ3) is 4.66. The third-order valence-electron chi connectivity index (χ3n) is 7.22. The average Bonchev–Trinajstić information content (AvgIpc) is 3.70. The van der Waals surface area contributed by atoms with Gasteiger partial charge in [0.05, 0.1) is 45.0 Å². The van der Waals surface area contributed by atoms with Crippen molar-refractivity contribution in [3.63, 3.8) is 0 Å². The van der Waals surface area contributed by atoms with Crippen molar-refractivity contribution in [3.05, 3.63) is 144 Å². The maximum atomic E-state index is 13.9. The Hall–Kier alpha value is -5.71. The van der Waals surface area contributed by atoms with Crippen molar-refractivity contribution in [2.45, 2.75) is 19.8 Å². The highest BCUT2D eigenvalue weighted by Gasteiger charge is 2.34. The lowest BCUT2D eigenvalue weighted by molar-refractivity contribution is -0.384. The molecule has 0 aliphatic rings. The van der Waals surface area contributed by atoms with Gasteiger partial charge in [-0.1, -0.05) is 59.7 Å². The third-order valence-corrected chi connectivity index (χ3v) is 7.22. The minimum absolute atomic E-state index is 0.0508. The molecule has 0 radical (unpaired) electrons. The molecular formula is C31H24FN5O5. The fourth-order valence-corrected chi connectivity index (χ4v) is 5.13. The van der Waals surface area contributed by atoms with Crippen molar-refractivity contribution in [1.82, 2.24) is 20.4 Å². The van der Waals surface area contributed by atoms with Gasteiger partial charge in [0.2, 0.25) is 0 Å². The normalized spacial score (nSPS) is 11.3. The summed E-state index contributed by atoms with van der Waals surface area (Å²) in [5.41, 5.74) is 3.39. The molecule has 0 saturated carbocycles. The highest BCUT2D eigenvalue weighted by Crippen LogP contribution is 2.41. The summed E-state index contributed by atoms with van der Waals surface area (Å²) in [5, 5.41) is 22.9. The Labute approximate surface area is 237 Å². The van der Waals surface area contributed by atoms with E-state index >= 15 is 0 Å². The van der Waals surface area contributed by atoms with Crippen LogP contribution in [0.25, 0.3) is 33.8 Å². The maximum absolute atomic E-state index is 13.9. The number of furan rings is 1. The number of aromatic nitrogens is 4. The number of nitro groups is 1. The van der Waals surface area contributed by atoms with Gasteiger partial charge in [-0.05, 0) is 49.2 Å². The molecule has 0 saturated heterocycles. The first-order valence-corrected chi connectivity index (χ1v) is 13.0. The number of halogens is 1. The first-order chi connectivity index (χ1) is 20.2. The molecular weight excluding hydrogens is 541 g/mol. The first-order valence-electron chi connectivity index (χ1n) is 13.0. The summed E-state index contributed by atoms with van der Waals surface area (Å²) < 4.78 is 20.0. The zero-order chi connectivity index (χ0) is 29.5. The summed E-state index contributed by atoms with van der Waals surface area (Å²) >= 11 is 0. The predicted octanol–water partition coefficient (Wildman–Crippen LogP) is 6.16. The molecule has 0 fully saturated rings. The number of benzene rings is 3. The van der Waals surface area contributed by atoms with Crippen LogP contribution in [-0.4, -0.2) is 25.3 Å². The fourth-order valence-electron chi connectivity index (χ4n) is 5.13. The van der Waals surface area contributed by atoms with Gasteiger partial charge in [-0.15, -0.1) is 0 Å². The molecule has 42 heavy (non-hydrogen) atoms. The van der Waals surface area contributed by atoms with Crippen molar-refractivity contribution in [2.24, 2.45) is 0 Å². The van der Waals surface area contributed by atoms with E-state index < -0.39 is 33.5 Å². The van der Waals surface area contributed by atoms with Gasteiger partial charge in [0.25, 0.3) is 16.8 Å². The Morgan fingerprint density at radius 1 is 0.738 bits per heavy atom. The minimum Gasteiger partial charge on any atom is -0.460 e. The van der Waals surface area contributed by atoms with E-state index in [2.05, 4.69) is 20.4 Å². The predicted molar refractivity (Wildman–Crippen MR) is 155 cm³/mol. The second kappa shape index (κ2) is 10.4. The van der Waals surface area contributed by atoms with Crippen LogP contribution in [0, 0.1) is 29.8 Å². The highest BCUT2D eigenvalue weighted by atomic mass is 19.1. The van der Waals surface area contributed by atoms with E-state index in [0.29, 0.717) is 22.5 Å². The van der Waals surface area contributed by atoms with Gasteiger partial charge < -0.3 is 4.42 Å². The molecule has 6 aromatic rings. The number of nitro benzene ring substituents is 1. The summed E-state index contributed by atoms with van der Waals surface area (Å²) in [6, 6.07) is 21.3. The lowest BCUT2D eigenvalue weighted by atomic mass is 9.86. The smallest absolute Gasteiger partial charge is 0.283 e. The quantitative estimate of drug-likeness (QED) is 0.135. The van der Waals surface area contributed by atoms with E-state index in [-0.39, 0.29) is 28.2 Å². The summed E-state index contributed by atoms with van der Waals surface area (Å²) in [6.07, 6.45) is 0. The zero-order valence-corrected chi connectivity index (χ0v) is 22.4. The monoisotopic (exact) mass is 565 g/mol. The molecule has 3 aromatic carbocycles. The molecule has 10 nitrogen and oxygen atoms in total. The summed E-state index contributed by atoms with van der Waals surface area (Å²) in [6.45, 7) is 3.89. The van der Waals surface area contributed by atoms with Crippen molar-refractivity contribution in [3.8, 4) is 33.8 Å². The number of aromatic amines is 4. The van der Waals surface area contributed by atoms with Crippen LogP contribution in [0.2, 0.25) is 0 Å². The summed E-state index contributed by atoms with van der Waals surface area (Å²) in [4.78, 5) is 37.9. The number of rotatable bonds is 7. The lowest BCUT2D eigenvalue weighted by Gasteiger charge is -2.15. The number of hydrogen-bond donors (Lipinski definition) is 4. The van der Waals surface area contributed by atoms with E-state index in [1.807, 2.05) is 62.4 Å². The molecule has 3 heterocycles. The number of aryl methyl sites for hydroxylation is 2. The minimum atomic E-state index is -1.05. The van der Waals surface area contributed by atoms with E-state index in [1.165, 1.54) is 12.1 Å². The van der Waals surface area contributed by atoms with Crippen LogP contribution in [0.15, 0.2) is 92.9 Å². The van der Waals surface area contributed by atoms with Crippen LogP contribution < -0.4 is 11.1 Å². The lowest BCUT2D eigenvalue weighted by Crippen LogP contribution is -2.19. The zero-order valence-electron chi connectivity index (χ0n) is 22.4. The van der Waals surface area contributed by atoms with Gasteiger partial charge in [0.1, 0.15) is 17.3 Å². The molecule has 3 aromatic heterocycles. The standard InChI is InChI=1S/C31H24FN5O5/c1-16-3-7-18(8-4-16)28-26(30(38)35-33-28)25(27-29(34-36-31(27)39)19-9-5-17(2)6-10-19)24-14-13-23(42-24)21-12-11-20(32)15-22(21)37(40)41/h3-15,25H,1-2H3,(H2,33,35,38)(H2,34,36,39). The Bertz CT molecular complexity index is 1950. The van der Waals surface area contributed by atoms with Crippen LogP contribution in [0.4, 0.5) is 10.1 Å². The molecule has 0 bridgehead atoms. The number of nitrogens with zero attached hydrogens (tertiary/aromatic N) is 1. The van der Waals surface area contributed by atoms with Crippen molar-refractivity contribution < 1.29 is 13.7 Å². The second-order valence-electron chi connectivity index (χ2n) is 10.0. The van der Waals surface area contributed by atoms with Crippen molar-refractivity contribution >= 4 is 5.69 Å². The van der Waals surface area contributed by atoms with E-state index in [1.54, 1.807) is 6.07 Å². The van der Waals surface area contributed by atoms with Crippen molar-refractivity contribution in [2.75, 3.05) is 0 Å². The molecule has 0 aliphatic carbocycles. The van der Waals surface area contributed by atoms with E-state index in [0.717, 1.165) is 23.3 Å². The Balaban J connectivity index is 1.60. The van der Waals surface area contributed by atoms with Gasteiger partial charge in [0.15, 0.2) is 0 Å². The maximum Gasteiger partial charge on any atom is 0.283 e. The Morgan fingerprint density at radius 3 is 1.76 bits per heavy atom. The van der Waals surface area contributed by atoms with Crippen LogP contribution in [-0.2, 0) is 0 Å². The fraction of sp³-hybridized carbons (Fsp3) is 0.0968. The summed E-state index contributed by atoms with van der Waals surface area (Å²) in [5.74, 6) is -1.55. The molecule has 0 atom stereocenters. The van der Waals surface area contributed by atoms with Gasteiger partial charge >= 0.3 is 0 Å². The van der Waals surface area contributed by atoms with E-state index in [4.69, 9.17) is 4.42 Å². The molecule has 210 valence electrons. The average molecular weight is 566 g/mol. The molecule has 0 unspecified atom stereocenters. The Kier molecular flexibility index (Phi) is 6.54. The molecule has 4 N–H and O–H groups in total. The van der Waals surface area contributed by atoms with Gasteiger partial charge in [-0.3, -0.25) is 40.1 Å². The number of hydrogen-bond acceptors (Lipinski definition) is 5. The van der Waals surface area contributed by atoms with Crippen molar-refractivity contribution in [1.29, 1.82) is 0 Å². The van der Waals surface area contributed by atoms with Gasteiger partial charge in [0, 0.05) is 0 Å². The number of nitrogens with one attached hydrogen (secondary N) is 4. The van der Waals surface area contributed by atoms with E-state index in [9.17, 15) is 24.1 Å². The van der Waals surface area contributed by atoms with Gasteiger partial charge in [-0.2, -0.15) is 0 Å². The number of H-pyrrole nitrogens is 4. The SMILES string of the molecule is Cc1ccc(-c2[nH][nH]c(=O)c2C(c2ccc(-c3ccc(F)cc3[N+](=O)[O-])o2)c2c(-c3ccc(C)cc3)[nH][nH]c2=O)cc1. The van der Waals surface area contributed by atoms with Crippen LogP contribution in [0.5, 0.6) is 0 Å². The van der Waals surface area contributed by atoms with Crippen LogP contribution >= 0.6 is 0 Å². The highest BCUT2D eigenvalue weighted by molar-refractivity contribution is 5.72. The van der Waals surface area contributed by atoms with Crippen LogP contribution in [0.3, 0.4) is 0 Å². The largest absolute Gasteiger partial charge is 0.460 e. The van der Waals surface area contributed by atoms with Crippen LogP contribution in [0.1, 0.15) is 33.9 Å². The first kappa shape index (κ1) is 26.5. The molecule has 0 aliphatic heterocycles. The second-order valence-corrected chi connectivity index (χ2v) is 10.0.